The molecule has 1 unspecified atom stereocenters. The van der Waals surface area contributed by atoms with Crippen molar-refractivity contribution in [3.8, 4) is 11.1 Å². The highest BCUT2D eigenvalue weighted by molar-refractivity contribution is 6.07. The van der Waals surface area contributed by atoms with E-state index in [9.17, 15) is 5.11 Å². The van der Waals surface area contributed by atoms with E-state index < -0.39 is 5.60 Å². The van der Waals surface area contributed by atoms with Gasteiger partial charge < -0.3 is 18.9 Å². The lowest BCUT2D eigenvalue weighted by molar-refractivity contribution is 0.0552. The Hall–Kier alpha value is -3.55. The van der Waals surface area contributed by atoms with Gasteiger partial charge in [-0.15, -0.1) is 0 Å². The van der Waals surface area contributed by atoms with Crippen LogP contribution in [0.15, 0.2) is 59.3 Å². The third-order valence-electron chi connectivity index (χ3n) is 7.85. The summed E-state index contributed by atoms with van der Waals surface area (Å²) in [5.41, 5.74) is 5.19. The fourth-order valence-electron chi connectivity index (χ4n) is 5.97. The molecule has 1 saturated heterocycles. The van der Waals surface area contributed by atoms with E-state index >= 15 is 4.39 Å². The third kappa shape index (κ3) is 4.10. The van der Waals surface area contributed by atoms with Gasteiger partial charge in [0.2, 0.25) is 0 Å². The van der Waals surface area contributed by atoms with Gasteiger partial charge in [-0.25, -0.2) is 4.39 Å². The molecular weight excluding hydrogens is 481 g/mol. The molecule has 0 aliphatic carbocycles. The standard InChI is InChI=1S/C31H32FN3O3/c1-18-27(19(2)38-34-18)22-14-26-29(33-17-22)28-24(32)15-23(31(3,4)36)16-25(28)35(26)30(20-8-6-5-7-9-20)21-10-12-37-13-11-21/h5-9,14-17,21,30,36H,10-13H2,1-4H3. The summed E-state index contributed by atoms with van der Waals surface area (Å²) in [5.74, 6) is 0.604. The van der Waals surface area contributed by atoms with Crippen LogP contribution in [0.1, 0.15) is 55.3 Å². The number of benzene rings is 2. The van der Waals surface area contributed by atoms with Gasteiger partial charge in [0.05, 0.1) is 39.3 Å². The minimum absolute atomic E-state index is 0.0710. The number of aromatic nitrogens is 3. The zero-order valence-electron chi connectivity index (χ0n) is 22.2. The molecule has 2 aromatic carbocycles. The summed E-state index contributed by atoms with van der Waals surface area (Å²) in [5, 5.41) is 15.4. The van der Waals surface area contributed by atoms with E-state index in [2.05, 4.69) is 27.9 Å². The molecule has 5 aromatic rings. The molecule has 1 N–H and O–H groups in total. The maximum Gasteiger partial charge on any atom is 0.141 e. The lowest BCUT2D eigenvalue weighted by atomic mass is 9.86. The monoisotopic (exact) mass is 513 g/mol. The van der Waals surface area contributed by atoms with Crippen LogP contribution in [0.4, 0.5) is 4.39 Å². The normalized spacial score (nSPS) is 15.9. The second kappa shape index (κ2) is 9.33. The van der Waals surface area contributed by atoms with E-state index in [0.717, 1.165) is 46.3 Å². The van der Waals surface area contributed by atoms with Crippen molar-refractivity contribution < 1.29 is 18.8 Å². The van der Waals surface area contributed by atoms with E-state index in [-0.39, 0.29) is 17.8 Å². The van der Waals surface area contributed by atoms with E-state index in [1.807, 2.05) is 38.1 Å². The Morgan fingerprint density at radius 1 is 1.05 bits per heavy atom. The molecular formula is C31H32FN3O3. The summed E-state index contributed by atoms with van der Waals surface area (Å²) in [7, 11) is 0. The van der Waals surface area contributed by atoms with Crippen LogP contribution in [0.2, 0.25) is 0 Å². The van der Waals surface area contributed by atoms with Crippen LogP contribution in [0.5, 0.6) is 0 Å². The van der Waals surface area contributed by atoms with Crippen LogP contribution in [0.25, 0.3) is 33.1 Å². The SMILES string of the molecule is Cc1noc(C)c1-c1cnc2c3c(F)cc(C(C)(C)O)cc3n(C(c3ccccc3)C3CCOCC3)c2c1. The lowest BCUT2D eigenvalue weighted by Crippen LogP contribution is -2.27. The van der Waals surface area contributed by atoms with Gasteiger partial charge in [0, 0.05) is 30.5 Å². The van der Waals surface area contributed by atoms with E-state index in [1.165, 1.54) is 6.07 Å². The second-order valence-corrected chi connectivity index (χ2v) is 10.9. The fraction of sp³-hybridized carbons (Fsp3) is 0.355. The molecule has 4 heterocycles. The fourth-order valence-corrected chi connectivity index (χ4v) is 5.97. The zero-order valence-corrected chi connectivity index (χ0v) is 22.2. The van der Waals surface area contributed by atoms with Crippen molar-refractivity contribution in [3.63, 3.8) is 0 Å². The second-order valence-electron chi connectivity index (χ2n) is 10.9. The Kier molecular flexibility index (Phi) is 6.08. The van der Waals surface area contributed by atoms with Crippen LogP contribution < -0.4 is 0 Å². The molecule has 0 bridgehead atoms. The molecule has 0 amide bonds. The van der Waals surface area contributed by atoms with Crippen molar-refractivity contribution in [1.82, 2.24) is 14.7 Å². The first kappa shape index (κ1) is 24.8. The zero-order chi connectivity index (χ0) is 26.6. The van der Waals surface area contributed by atoms with Gasteiger partial charge in [-0.1, -0.05) is 35.5 Å². The third-order valence-corrected chi connectivity index (χ3v) is 7.85. The minimum atomic E-state index is -1.20. The van der Waals surface area contributed by atoms with Crippen molar-refractivity contribution in [2.45, 2.75) is 52.2 Å². The number of pyridine rings is 1. The molecule has 3 aromatic heterocycles. The smallest absolute Gasteiger partial charge is 0.141 e. The number of nitrogens with zero attached hydrogens (tertiary/aromatic N) is 3. The Labute approximate surface area is 221 Å². The number of rotatable bonds is 5. The number of aryl methyl sites for hydroxylation is 2. The Morgan fingerprint density at radius 3 is 2.45 bits per heavy atom. The van der Waals surface area contributed by atoms with E-state index in [4.69, 9.17) is 14.2 Å². The van der Waals surface area contributed by atoms with Gasteiger partial charge in [-0.2, -0.15) is 0 Å². The van der Waals surface area contributed by atoms with Crippen molar-refractivity contribution in [2.24, 2.45) is 5.92 Å². The molecule has 0 radical (unpaired) electrons. The van der Waals surface area contributed by atoms with Crippen molar-refractivity contribution >= 4 is 21.9 Å². The predicted octanol–water partition coefficient (Wildman–Crippen LogP) is 6.84. The van der Waals surface area contributed by atoms with Crippen LogP contribution in [0.3, 0.4) is 0 Å². The first-order valence-electron chi connectivity index (χ1n) is 13.2. The summed E-state index contributed by atoms with van der Waals surface area (Å²) in [6.45, 7) is 8.55. The number of ether oxygens (including phenoxy) is 1. The van der Waals surface area contributed by atoms with E-state index in [1.54, 1.807) is 20.0 Å². The molecule has 1 atom stereocenters. The number of hydrogen-bond acceptors (Lipinski definition) is 5. The summed E-state index contributed by atoms with van der Waals surface area (Å²) in [6, 6.07) is 15.7. The molecule has 196 valence electrons. The number of fused-ring (bicyclic) bond motifs is 3. The number of halogens is 1. The van der Waals surface area contributed by atoms with Gasteiger partial charge in [0.15, 0.2) is 0 Å². The number of aliphatic hydroxyl groups is 1. The average molecular weight is 514 g/mol. The van der Waals surface area contributed by atoms with Gasteiger partial charge >= 0.3 is 0 Å². The van der Waals surface area contributed by atoms with Crippen molar-refractivity contribution in [2.75, 3.05) is 13.2 Å². The molecule has 1 fully saturated rings. The number of hydrogen-bond donors (Lipinski definition) is 1. The lowest BCUT2D eigenvalue weighted by Gasteiger charge is -2.33. The highest BCUT2D eigenvalue weighted by atomic mass is 19.1. The first-order chi connectivity index (χ1) is 18.2. The summed E-state index contributed by atoms with van der Waals surface area (Å²) < 4.78 is 29.3. The van der Waals surface area contributed by atoms with Gasteiger partial charge in [-0.3, -0.25) is 4.98 Å². The van der Waals surface area contributed by atoms with Crippen LogP contribution >= 0.6 is 0 Å². The Balaban J connectivity index is 1.72. The topological polar surface area (TPSA) is 73.3 Å². The molecule has 1 aliphatic rings. The van der Waals surface area contributed by atoms with E-state index in [0.29, 0.717) is 35.4 Å². The van der Waals surface area contributed by atoms with Crippen molar-refractivity contribution in [3.05, 3.63) is 83.1 Å². The maximum absolute atomic E-state index is 15.9. The first-order valence-corrected chi connectivity index (χ1v) is 13.2. The molecule has 7 heteroatoms. The largest absolute Gasteiger partial charge is 0.386 e. The molecule has 6 nitrogen and oxygen atoms in total. The Morgan fingerprint density at radius 2 is 1.79 bits per heavy atom. The van der Waals surface area contributed by atoms with Crippen LogP contribution in [0, 0.1) is 25.6 Å². The molecule has 6 rings (SSSR count). The average Bonchev–Trinajstić information content (AvgIpc) is 3.41. The van der Waals surface area contributed by atoms with Crippen LogP contribution in [-0.4, -0.2) is 33.0 Å². The van der Waals surface area contributed by atoms with Gasteiger partial charge in [0.1, 0.15) is 11.6 Å². The molecule has 1 aliphatic heterocycles. The summed E-state index contributed by atoms with van der Waals surface area (Å²) in [6.07, 6.45) is 3.56. The highest BCUT2D eigenvalue weighted by Gasteiger charge is 2.32. The maximum atomic E-state index is 15.9. The van der Waals surface area contributed by atoms with Crippen LogP contribution in [-0.2, 0) is 10.3 Å². The van der Waals surface area contributed by atoms with Gasteiger partial charge in [-0.05, 0) is 75.8 Å². The summed E-state index contributed by atoms with van der Waals surface area (Å²) in [4.78, 5) is 4.82. The molecule has 38 heavy (non-hydrogen) atoms. The minimum Gasteiger partial charge on any atom is -0.386 e. The Bertz CT molecular complexity index is 1610. The summed E-state index contributed by atoms with van der Waals surface area (Å²) >= 11 is 0. The highest BCUT2D eigenvalue weighted by Crippen LogP contribution is 2.43. The molecule has 0 spiro atoms. The van der Waals surface area contributed by atoms with Gasteiger partial charge in [0.25, 0.3) is 0 Å². The molecule has 0 saturated carbocycles. The predicted molar refractivity (Wildman–Crippen MR) is 146 cm³/mol. The quantitative estimate of drug-likeness (QED) is 0.278. The van der Waals surface area contributed by atoms with Crippen molar-refractivity contribution in [1.29, 1.82) is 0 Å².